The lowest BCUT2D eigenvalue weighted by molar-refractivity contribution is -0.141. The van der Waals surface area contributed by atoms with Crippen molar-refractivity contribution >= 4 is 22.4 Å². The number of pyridine rings is 2. The Bertz CT molecular complexity index is 1260. The van der Waals surface area contributed by atoms with E-state index in [1.54, 1.807) is 6.20 Å². The minimum Gasteiger partial charge on any atom is -0.379 e. The van der Waals surface area contributed by atoms with Crippen molar-refractivity contribution in [2.45, 2.75) is 6.18 Å². The van der Waals surface area contributed by atoms with Crippen molar-refractivity contribution in [3.8, 4) is 5.69 Å². The van der Waals surface area contributed by atoms with Crippen LogP contribution < -0.4 is 10.6 Å². The molecule has 0 radical (unpaired) electrons. The molecule has 3 N–H and O–H groups in total. The Hall–Kier alpha value is -4.21. The number of nitrogens with zero attached hydrogens (tertiary/aromatic N) is 4. The second-order valence-corrected chi connectivity index (χ2v) is 6.82. The molecule has 0 aliphatic carbocycles. The van der Waals surface area contributed by atoms with Crippen LogP contribution in [-0.2, 0) is 6.18 Å². The van der Waals surface area contributed by atoms with Gasteiger partial charge in [-0.3, -0.25) is 4.98 Å². The molecule has 0 aliphatic rings. The lowest BCUT2D eigenvalue weighted by Gasteiger charge is -2.10. The number of hydrogen-bond acceptors (Lipinski definition) is 6. The van der Waals surface area contributed by atoms with E-state index in [-0.39, 0.29) is 12.2 Å². The number of anilines is 2. The molecular formula is C22H18F3N7. The predicted octanol–water partition coefficient (Wildman–Crippen LogP) is 5.84. The van der Waals surface area contributed by atoms with E-state index in [0.29, 0.717) is 5.70 Å². The second-order valence-electron chi connectivity index (χ2n) is 6.82. The number of halogens is 3. The van der Waals surface area contributed by atoms with Crippen LogP contribution in [0.1, 0.15) is 5.69 Å². The standard InChI is InChI=1S/C22H18F3N7/c23-22(24,25)20-12-17(7-10-27-20)30-14-18(31-26)13-29-16-3-5-19(6-4-16)32-11-8-15-2-1-9-28-21(15)32/h1-13,26,29H,14H2,(H,27,30)/b18-13-,31-26?. The number of alkyl halides is 3. The summed E-state index contributed by atoms with van der Waals surface area (Å²) in [6.07, 6.45) is 1.78. The molecule has 0 fully saturated rings. The quantitative estimate of drug-likeness (QED) is 0.317. The Labute approximate surface area is 181 Å². The Morgan fingerprint density at radius 2 is 1.84 bits per heavy atom. The summed E-state index contributed by atoms with van der Waals surface area (Å²) in [7, 11) is 0. The third kappa shape index (κ3) is 4.75. The Morgan fingerprint density at radius 1 is 1.03 bits per heavy atom. The van der Waals surface area contributed by atoms with Gasteiger partial charge in [-0.25, -0.2) is 10.5 Å². The molecule has 0 spiro atoms. The highest BCUT2D eigenvalue weighted by Gasteiger charge is 2.32. The number of aromatic nitrogens is 3. The largest absolute Gasteiger partial charge is 0.433 e. The van der Waals surface area contributed by atoms with Crippen LogP contribution in [0.5, 0.6) is 0 Å². The first-order valence-corrected chi connectivity index (χ1v) is 9.57. The topological polar surface area (TPSA) is 91.0 Å². The summed E-state index contributed by atoms with van der Waals surface area (Å²) in [6.45, 7) is 0.0664. The summed E-state index contributed by atoms with van der Waals surface area (Å²) in [6, 6.07) is 15.8. The number of benzene rings is 1. The second kappa shape index (κ2) is 8.88. The fraction of sp³-hybridized carbons (Fsp3) is 0.0909. The van der Waals surface area contributed by atoms with Crippen molar-refractivity contribution in [1.82, 2.24) is 14.5 Å². The molecule has 10 heteroatoms. The summed E-state index contributed by atoms with van der Waals surface area (Å²) in [5, 5.41) is 10.3. The molecule has 0 amide bonds. The molecule has 7 nitrogen and oxygen atoms in total. The monoisotopic (exact) mass is 437 g/mol. The third-order valence-electron chi connectivity index (χ3n) is 4.67. The van der Waals surface area contributed by atoms with Crippen LogP contribution in [0.15, 0.2) is 90.2 Å². The molecule has 1 aromatic carbocycles. The van der Waals surface area contributed by atoms with Gasteiger partial charge < -0.3 is 15.2 Å². The Morgan fingerprint density at radius 3 is 2.59 bits per heavy atom. The summed E-state index contributed by atoms with van der Waals surface area (Å²) < 4.78 is 40.3. The normalized spacial score (nSPS) is 12.0. The van der Waals surface area contributed by atoms with Gasteiger partial charge in [-0.1, -0.05) is 0 Å². The van der Waals surface area contributed by atoms with Gasteiger partial charge >= 0.3 is 6.18 Å². The average Bonchev–Trinajstić information content (AvgIpc) is 3.23. The predicted molar refractivity (Wildman–Crippen MR) is 116 cm³/mol. The van der Waals surface area contributed by atoms with Gasteiger partial charge in [-0.15, -0.1) is 0 Å². The first-order valence-electron chi connectivity index (χ1n) is 9.57. The van der Waals surface area contributed by atoms with E-state index in [1.807, 2.05) is 53.2 Å². The molecule has 0 bridgehead atoms. The van der Waals surface area contributed by atoms with E-state index in [1.165, 1.54) is 12.3 Å². The van der Waals surface area contributed by atoms with Gasteiger partial charge in [0.05, 0.1) is 12.2 Å². The van der Waals surface area contributed by atoms with Crippen molar-refractivity contribution in [2.24, 2.45) is 5.11 Å². The van der Waals surface area contributed by atoms with Crippen LogP contribution in [0.4, 0.5) is 24.5 Å². The minimum atomic E-state index is -4.52. The SMILES string of the molecule is N=N/C(=C\Nc1ccc(-n2ccc3cccnc32)cc1)CNc1ccnc(C(F)(F)F)c1. The highest BCUT2D eigenvalue weighted by Crippen LogP contribution is 2.28. The van der Waals surface area contributed by atoms with Crippen molar-refractivity contribution in [3.63, 3.8) is 0 Å². The number of fused-ring (bicyclic) bond motifs is 1. The number of rotatable bonds is 7. The van der Waals surface area contributed by atoms with E-state index < -0.39 is 11.9 Å². The van der Waals surface area contributed by atoms with Gasteiger partial charge in [0.2, 0.25) is 0 Å². The van der Waals surface area contributed by atoms with Crippen LogP contribution in [-0.4, -0.2) is 21.1 Å². The van der Waals surface area contributed by atoms with Crippen molar-refractivity contribution < 1.29 is 13.2 Å². The summed E-state index contributed by atoms with van der Waals surface area (Å²) >= 11 is 0. The van der Waals surface area contributed by atoms with Crippen LogP contribution in [0.3, 0.4) is 0 Å². The van der Waals surface area contributed by atoms with E-state index >= 15 is 0 Å². The van der Waals surface area contributed by atoms with Crippen LogP contribution in [0.25, 0.3) is 16.7 Å². The number of nitrogens with one attached hydrogen (secondary N) is 3. The minimum absolute atomic E-state index is 0.0664. The van der Waals surface area contributed by atoms with E-state index in [2.05, 4.69) is 25.7 Å². The Kier molecular flexibility index (Phi) is 5.84. The summed E-state index contributed by atoms with van der Waals surface area (Å²) in [5.74, 6) is 0. The molecule has 3 aromatic heterocycles. The molecule has 0 aliphatic heterocycles. The molecular weight excluding hydrogens is 419 g/mol. The lowest BCUT2D eigenvalue weighted by atomic mass is 10.2. The molecule has 0 unspecified atom stereocenters. The summed E-state index contributed by atoms with van der Waals surface area (Å²) in [4.78, 5) is 7.72. The maximum absolute atomic E-state index is 12.8. The van der Waals surface area contributed by atoms with E-state index in [9.17, 15) is 13.2 Å². The van der Waals surface area contributed by atoms with Crippen molar-refractivity contribution in [3.05, 3.63) is 90.8 Å². The molecule has 4 aromatic rings. The van der Waals surface area contributed by atoms with Gasteiger partial charge in [0.15, 0.2) is 0 Å². The zero-order chi connectivity index (χ0) is 22.6. The van der Waals surface area contributed by atoms with E-state index in [0.717, 1.165) is 34.7 Å². The van der Waals surface area contributed by atoms with Crippen molar-refractivity contribution in [1.29, 1.82) is 5.53 Å². The smallest absolute Gasteiger partial charge is 0.379 e. The molecule has 32 heavy (non-hydrogen) atoms. The average molecular weight is 437 g/mol. The first kappa shape index (κ1) is 21.0. The maximum Gasteiger partial charge on any atom is 0.433 e. The first-order chi connectivity index (χ1) is 15.4. The van der Waals surface area contributed by atoms with Gasteiger partial charge in [-0.05, 0) is 54.6 Å². The van der Waals surface area contributed by atoms with Crippen molar-refractivity contribution in [2.75, 3.05) is 17.2 Å². The third-order valence-corrected chi connectivity index (χ3v) is 4.67. The molecule has 162 valence electrons. The highest BCUT2D eigenvalue weighted by atomic mass is 19.4. The van der Waals surface area contributed by atoms with Crippen LogP contribution in [0, 0.1) is 5.53 Å². The number of hydrogen-bond donors (Lipinski definition) is 3. The van der Waals surface area contributed by atoms with Crippen LogP contribution in [0.2, 0.25) is 0 Å². The molecule has 0 atom stereocenters. The molecule has 0 saturated heterocycles. The Balaban J connectivity index is 1.41. The fourth-order valence-corrected chi connectivity index (χ4v) is 3.07. The fourth-order valence-electron chi connectivity index (χ4n) is 3.07. The molecule has 3 heterocycles. The highest BCUT2D eigenvalue weighted by molar-refractivity contribution is 5.78. The van der Waals surface area contributed by atoms with E-state index in [4.69, 9.17) is 5.53 Å². The molecule has 4 rings (SSSR count). The lowest BCUT2D eigenvalue weighted by Crippen LogP contribution is -2.10. The van der Waals surface area contributed by atoms with Gasteiger partial charge in [0, 0.05) is 47.2 Å². The van der Waals surface area contributed by atoms with Crippen LogP contribution >= 0.6 is 0 Å². The zero-order valence-electron chi connectivity index (χ0n) is 16.6. The summed E-state index contributed by atoms with van der Waals surface area (Å²) in [5.41, 5.74) is 9.44. The van der Waals surface area contributed by atoms with Gasteiger partial charge in [-0.2, -0.15) is 18.3 Å². The maximum atomic E-state index is 12.8. The zero-order valence-corrected chi connectivity index (χ0v) is 16.6. The molecule has 0 saturated carbocycles. The van der Waals surface area contributed by atoms with Gasteiger partial charge in [0.1, 0.15) is 11.3 Å². The van der Waals surface area contributed by atoms with Gasteiger partial charge in [0.25, 0.3) is 0 Å².